The number of hydrogen-bond acceptors (Lipinski definition) is 5. The van der Waals surface area contributed by atoms with Gasteiger partial charge in [0.2, 0.25) is 12.7 Å². The summed E-state index contributed by atoms with van der Waals surface area (Å²) in [4.78, 5) is 15.3. The lowest BCUT2D eigenvalue weighted by molar-refractivity contribution is -0.135. The largest absolute Gasteiger partial charge is 0.454 e. The molecule has 1 aliphatic heterocycles. The van der Waals surface area contributed by atoms with Gasteiger partial charge in [-0.05, 0) is 42.7 Å². The average molecular weight is 378 g/mol. The van der Waals surface area contributed by atoms with Crippen LogP contribution in [0.4, 0.5) is 0 Å². The van der Waals surface area contributed by atoms with Gasteiger partial charge in [-0.1, -0.05) is 36.3 Å². The van der Waals surface area contributed by atoms with Crippen molar-refractivity contribution >= 4 is 16.9 Å². The molecule has 0 spiro atoms. The third kappa shape index (κ3) is 3.17. The molecule has 2 aromatic carbocycles. The van der Waals surface area contributed by atoms with E-state index in [-0.39, 0.29) is 25.3 Å². The number of amides is 1. The zero-order valence-corrected chi connectivity index (χ0v) is 15.6. The van der Waals surface area contributed by atoms with Crippen molar-refractivity contribution in [1.29, 1.82) is 0 Å². The standard InChI is InChI=1S/C21H22N4O3/c26-21(13-25-18-8-4-3-7-17(18)22-23-25)24(16-5-1-2-6-16)12-15-9-10-19-20(11-15)28-14-27-19/h3-4,7-11,16H,1-2,5-6,12-14H2. The Labute approximate surface area is 162 Å². The Kier molecular flexibility index (Phi) is 4.35. The SMILES string of the molecule is O=C(Cn1nnc2ccccc21)N(Cc1ccc2c(c1)OCO2)C1CCCC1. The van der Waals surface area contributed by atoms with E-state index in [2.05, 4.69) is 10.3 Å². The summed E-state index contributed by atoms with van der Waals surface area (Å²) in [6.45, 7) is 1.01. The first-order valence-corrected chi connectivity index (χ1v) is 9.74. The lowest BCUT2D eigenvalue weighted by Crippen LogP contribution is -2.40. The smallest absolute Gasteiger partial charge is 0.244 e. The Balaban J connectivity index is 1.39. The van der Waals surface area contributed by atoms with Crippen molar-refractivity contribution < 1.29 is 14.3 Å². The van der Waals surface area contributed by atoms with Crippen molar-refractivity contribution in [3.63, 3.8) is 0 Å². The zero-order chi connectivity index (χ0) is 18.9. The summed E-state index contributed by atoms with van der Waals surface area (Å²) in [5.74, 6) is 1.58. The van der Waals surface area contributed by atoms with E-state index in [1.165, 1.54) is 12.8 Å². The third-order valence-corrected chi connectivity index (χ3v) is 5.58. The molecule has 5 rings (SSSR count). The molecule has 7 heteroatoms. The summed E-state index contributed by atoms with van der Waals surface area (Å²) in [7, 11) is 0. The summed E-state index contributed by atoms with van der Waals surface area (Å²) in [5, 5.41) is 8.34. The molecule has 0 radical (unpaired) electrons. The Morgan fingerprint density at radius 1 is 1.11 bits per heavy atom. The van der Waals surface area contributed by atoms with E-state index in [1.807, 2.05) is 47.4 Å². The van der Waals surface area contributed by atoms with Crippen LogP contribution in [0.2, 0.25) is 0 Å². The Morgan fingerprint density at radius 2 is 1.93 bits per heavy atom. The maximum absolute atomic E-state index is 13.3. The molecule has 2 heterocycles. The maximum atomic E-state index is 13.3. The second kappa shape index (κ2) is 7.14. The number of benzene rings is 2. The quantitative estimate of drug-likeness (QED) is 0.682. The minimum atomic E-state index is 0.0696. The molecule has 3 aromatic rings. The van der Waals surface area contributed by atoms with E-state index in [0.717, 1.165) is 40.9 Å². The number of nitrogens with zero attached hydrogens (tertiary/aromatic N) is 4. The molecule has 0 bridgehead atoms. The number of carbonyl (C=O) groups excluding carboxylic acids is 1. The van der Waals surface area contributed by atoms with Gasteiger partial charge in [0.05, 0.1) is 5.52 Å². The van der Waals surface area contributed by atoms with Crippen LogP contribution in [0.1, 0.15) is 31.2 Å². The third-order valence-electron chi connectivity index (χ3n) is 5.58. The molecule has 1 aliphatic carbocycles. The van der Waals surface area contributed by atoms with E-state index in [0.29, 0.717) is 6.54 Å². The highest BCUT2D eigenvalue weighted by molar-refractivity contribution is 5.80. The minimum Gasteiger partial charge on any atom is -0.454 e. The molecule has 0 atom stereocenters. The molecule has 0 N–H and O–H groups in total. The van der Waals surface area contributed by atoms with Gasteiger partial charge in [0.1, 0.15) is 12.1 Å². The van der Waals surface area contributed by atoms with E-state index < -0.39 is 0 Å². The van der Waals surface area contributed by atoms with Crippen molar-refractivity contribution in [3.05, 3.63) is 48.0 Å². The first-order chi connectivity index (χ1) is 13.8. The Morgan fingerprint density at radius 3 is 2.82 bits per heavy atom. The molecule has 1 aromatic heterocycles. The molecule has 1 amide bonds. The van der Waals surface area contributed by atoms with E-state index >= 15 is 0 Å². The van der Waals surface area contributed by atoms with Gasteiger partial charge in [-0.2, -0.15) is 0 Å². The minimum absolute atomic E-state index is 0.0696. The van der Waals surface area contributed by atoms with E-state index in [4.69, 9.17) is 9.47 Å². The van der Waals surface area contributed by atoms with Gasteiger partial charge in [-0.15, -0.1) is 5.10 Å². The van der Waals surface area contributed by atoms with Crippen molar-refractivity contribution in [1.82, 2.24) is 19.9 Å². The van der Waals surface area contributed by atoms with Gasteiger partial charge >= 0.3 is 0 Å². The normalized spacial score (nSPS) is 16.0. The van der Waals surface area contributed by atoms with Crippen LogP contribution in [0.25, 0.3) is 11.0 Å². The summed E-state index contributed by atoms with van der Waals surface area (Å²) >= 11 is 0. The number of carbonyl (C=O) groups is 1. The predicted molar refractivity (Wildman–Crippen MR) is 103 cm³/mol. The number of rotatable bonds is 5. The second-order valence-electron chi connectivity index (χ2n) is 7.38. The van der Waals surface area contributed by atoms with Crippen LogP contribution in [-0.4, -0.2) is 38.6 Å². The highest BCUT2D eigenvalue weighted by Gasteiger charge is 2.28. The molecule has 2 aliphatic rings. The van der Waals surface area contributed by atoms with Crippen LogP contribution in [0.15, 0.2) is 42.5 Å². The monoisotopic (exact) mass is 378 g/mol. The molecule has 0 unspecified atom stereocenters. The molecular weight excluding hydrogens is 356 g/mol. The van der Waals surface area contributed by atoms with Crippen LogP contribution in [-0.2, 0) is 17.9 Å². The van der Waals surface area contributed by atoms with Gasteiger partial charge in [-0.3, -0.25) is 4.79 Å². The number of aromatic nitrogens is 3. The topological polar surface area (TPSA) is 69.5 Å². The summed E-state index contributed by atoms with van der Waals surface area (Å²) in [5.41, 5.74) is 2.73. The second-order valence-corrected chi connectivity index (χ2v) is 7.38. The summed E-state index contributed by atoms with van der Waals surface area (Å²) in [6.07, 6.45) is 4.44. The predicted octanol–water partition coefficient (Wildman–Crippen LogP) is 3.13. The van der Waals surface area contributed by atoms with Crippen LogP contribution in [0.5, 0.6) is 11.5 Å². The Bertz CT molecular complexity index is 1010. The van der Waals surface area contributed by atoms with Crippen molar-refractivity contribution in [2.24, 2.45) is 0 Å². The maximum Gasteiger partial charge on any atom is 0.244 e. The summed E-state index contributed by atoms with van der Waals surface area (Å²) < 4.78 is 12.6. The lowest BCUT2D eigenvalue weighted by atomic mass is 10.1. The van der Waals surface area contributed by atoms with Crippen molar-refractivity contribution in [2.75, 3.05) is 6.79 Å². The van der Waals surface area contributed by atoms with Crippen LogP contribution >= 0.6 is 0 Å². The van der Waals surface area contributed by atoms with Gasteiger partial charge < -0.3 is 14.4 Å². The molecule has 1 saturated carbocycles. The molecule has 1 fully saturated rings. The van der Waals surface area contributed by atoms with Gasteiger partial charge in [0.25, 0.3) is 0 Å². The van der Waals surface area contributed by atoms with Crippen molar-refractivity contribution in [3.8, 4) is 11.5 Å². The number of ether oxygens (including phenoxy) is 2. The molecule has 144 valence electrons. The molecular formula is C21H22N4O3. The first kappa shape index (κ1) is 17.0. The lowest BCUT2D eigenvalue weighted by Gasteiger charge is -2.29. The van der Waals surface area contributed by atoms with Crippen molar-refractivity contribution in [2.45, 2.75) is 44.8 Å². The average Bonchev–Trinajstić information content (AvgIpc) is 3.47. The number of fused-ring (bicyclic) bond motifs is 2. The fourth-order valence-corrected chi connectivity index (χ4v) is 4.13. The highest BCUT2D eigenvalue weighted by Crippen LogP contribution is 2.33. The fraction of sp³-hybridized carbons (Fsp3) is 0.381. The first-order valence-electron chi connectivity index (χ1n) is 9.74. The fourth-order valence-electron chi connectivity index (χ4n) is 4.13. The highest BCUT2D eigenvalue weighted by atomic mass is 16.7. The Hall–Kier alpha value is -3.09. The van der Waals surface area contributed by atoms with Crippen LogP contribution in [0, 0.1) is 0 Å². The van der Waals surface area contributed by atoms with Gasteiger partial charge in [-0.25, -0.2) is 4.68 Å². The number of hydrogen-bond donors (Lipinski definition) is 0. The van der Waals surface area contributed by atoms with Crippen LogP contribution in [0.3, 0.4) is 0 Å². The van der Waals surface area contributed by atoms with E-state index in [9.17, 15) is 4.79 Å². The zero-order valence-electron chi connectivity index (χ0n) is 15.6. The molecule has 0 saturated heterocycles. The number of para-hydroxylation sites is 1. The van der Waals surface area contributed by atoms with Gasteiger partial charge in [0, 0.05) is 12.6 Å². The summed E-state index contributed by atoms with van der Waals surface area (Å²) in [6, 6.07) is 13.9. The van der Waals surface area contributed by atoms with E-state index in [1.54, 1.807) is 4.68 Å². The van der Waals surface area contributed by atoms with Crippen LogP contribution < -0.4 is 9.47 Å². The molecule has 28 heavy (non-hydrogen) atoms. The van der Waals surface area contributed by atoms with Gasteiger partial charge in [0.15, 0.2) is 11.5 Å². The molecule has 7 nitrogen and oxygen atoms in total.